The Labute approximate surface area is 210 Å². The van der Waals surface area contributed by atoms with Crippen LogP contribution in [0.2, 0.25) is 0 Å². The predicted molar refractivity (Wildman–Crippen MR) is 127 cm³/mol. The number of aliphatic hydroxyl groups excluding tert-OH is 1. The fourth-order valence-corrected chi connectivity index (χ4v) is 9.77. The second-order valence-electron chi connectivity index (χ2n) is 12.1. The third-order valence-corrected chi connectivity index (χ3v) is 11.5. The summed E-state index contributed by atoms with van der Waals surface area (Å²) in [6, 6.07) is 6.14. The van der Waals surface area contributed by atoms with E-state index in [1.54, 1.807) is 12.1 Å². The van der Waals surface area contributed by atoms with Gasteiger partial charge in [0.05, 0.1) is 16.9 Å². The molecule has 2 N–H and O–H groups in total. The number of rotatable bonds is 3. The average molecular weight is 517 g/mol. The molecule has 0 amide bonds. The number of fused-ring (bicyclic) bond motifs is 2. The highest BCUT2D eigenvalue weighted by atomic mass is 32.2. The van der Waals surface area contributed by atoms with Crippen LogP contribution in [0, 0.1) is 40.9 Å². The summed E-state index contributed by atoms with van der Waals surface area (Å²) in [6.45, 7) is 9.59. The van der Waals surface area contributed by atoms with Gasteiger partial charge in [-0.2, -0.15) is 8.42 Å². The van der Waals surface area contributed by atoms with E-state index in [4.69, 9.17) is 8.92 Å². The first-order chi connectivity index (χ1) is 16.7. The molecule has 2 saturated heterocycles. The molecule has 2 unspecified atom stereocenters. The van der Waals surface area contributed by atoms with Crippen molar-refractivity contribution >= 4 is 21.7 Å². The van der Waals surface area contributed by atoms with Crippen molar-refractivity contribution in [2.75, 3.05) is 6.61 Å². The molecule has 0 aromatic heterocycles. The Morgan fingerprint density at radius 2 is 1.81 bits per heavy atom. The molecule has 1 aromatic rings. The Morgan fingerprint density at radius 1 is 1.14 bits per heavy atom. The summed E-state index contributed by atoms with van der Waals surface area (Å²) >= 11 is 0. The molecule has 4 saturated carbocycles. The maximum atomic E-state index is 14.1. The van der Waals surface area contributed by atoms with Gasteiger partial charge in [0.25, 0.3) is 10.1 Å². The van der Waals surface area contributed by atoms with Crippen molar-refractivity contribution in [3.8, 4) is 0 Å². The quantitative estimate of drug-likeness (QED) is 0.463. The molecule has 2 aliphatic heterocycles. The lowest BCUT2D eigenvalue weighted by molar-refractivity contribution is -0.435. The number of carbonyl (C=O) groups is 2. The van der Waals surface area contributed by atoms with Crippen LogP contribution in [0.5, 0.6) is 0 Å². The van der Waals surface area contributed by atoms with Gasteiger partial charge in [0.15, 0.2) is 5.78 Å². The Balaban J connectivity index is 1.56. The van der Waals surface area contributed by atoms with Crippen LogP contribution in [0.3, 0.4) is 0 Å². The molecule has 7 rings (SSSR count). The number of carbonyl (C=O) groups excluding carboxylic acids is 2. The van der Waals surface area contributed by atoms with E-state index in [1.165, 1.54) is 12.1 Å². The predicted octanol–water partition coefficient (Wildman–Crippen LogP) is 2.31. The zero-order chi connectivity index (χ0) is 26.1. The van der Waals surface area contributed by atoms with Crippen LogP contribution in [-0.4, -0.2) is 54.8 Å². The van der Waals surface area contributed by atoms with E-state index in [0.29, 0.717) is 19.3 Å². The maximum Gasteiger partial charge on any atom is 0.297 e. The van der Waals surface area contributed by atoms with E-state index in [2.05, 4.69) is 6.58 Å². The van der Waals surface area contributed by atoms with Crippen molar-refractivity contribution in [2.24, 2.45) is 34.0 Å². The van der Waals surface area contributed by atoms with Crippen LogP contribution in [0.15, 0.2) is 41.3 Å². The highest BCUT2D eigenvalue weighted by Crippen LogP contribution is 2.76. The van der Waals surface area contributed by atoms with Gasteiger partial charge >= 0.3 is 0 Å². The lowest BCUT2D eigenvalue weighted by Gasteiger charge is -2.73. The van der Waals surface area contributed by atoms with Gasteiger partial charge in [-0.05, 0) is 55.2 Å². The summed E-state index contributed by atoms with van der Waals surface area (Å²) in [6.07, 6.45) is -1.34. The van der Waals surface area contributed by atoms with Crippen LogP contribution in [0.4, 0.5) is 0 Å². The molecule has 2 heterocycles. The van der Waals surface area contributed by atoms with Gasteiger partial charge in [-0.15, -0.1) is 0 Å². The van der Waals surface area contributed by atoms with Crippen LogP contribution < -0.4 is 0 Å². The zero-order valence-electron chi connectivity index (χ0n) is 20.7. The summed E-state index contributed by atoms with van der Waals surface area (Å²) < 4.78 is 38.7. The van der Waals surface area contributed by atoms with Gasteiger partial charge in [0, 0.05) is 18.3 Å². The summed E-state index contributed by atoms with van der Waals surface area (Å²) in [5.74, 6) is -5.18. The van der Waals surface area contributed by atoms with E-state index >= 15 is 0 Å². The van der Waals surface area contributed by atoms with Gasteiger partial charge in [-0.3, -0.25) is 13.8 Å². The molecule has 1 aromatic carbocycles. The second-order valence-corrected chi connectivity index (χ2v) is 13.7. The maximum absolute atomic E-state index is 14.1. The number of hydrogen-bond acceptors (Lipinski definition) is 8. The molecule has 2 spiro atoms. The topological polar surface area (TPSA) is 127 Å². The fourth-order valence-electron chi connectivity index (χ4n) is 8.63. The third-order valence-electron chi connectivity index (χ3n) is 10.2. The minimum absolute atomic E-state index is 0.0792. The van der Waals surface area contributed by atoms with Crippen molar-refractivity contribution in [3.63, 3.8) is 0 Å². The van der Waals surface area contributed by atoms with Gasteiger partial charge in [0.1, 0.15) is 23.4 Å². The lowest BCUT2D eigenvalue weighted by Crippen LogP contribution is -2.85. The highest BCUT2D eigenvalue weighted by Gasteiger charge is 2.87. The van der Waals surface area contributed by atoms with Crippen molar-refractivity contribution < 1.29 is 37.1 Å². The van der Waals surface area contributed by atoms with Crippen molar-refractivity contribution in [3.05, 3.63) is 42.0 Å². The third kappa shape index (κ3) is 2.56. The minimum Gasteiger partial charge on any atom is -0.387 e. The van der Waals surface area contributed by atoms with Crippen molar-refractivity contribution in [1.82, 2.24) is 0 Å². The standard InChI is InChI=1S/C27H32O8S/c1-14-5-7-16(8-6-14)36(32,33)35-23-17-9-10-18-25-13-34-27(31,26(18,23)21(29)15(17)2)22(30)20(25)24(3,4)12-11-19(25)28/h5-8,17-18,20,22-23,30-31H,2,9-13H2,1,3-4H3/t17-,18?,20+,22-,23+,25+,26?,27-/m0/s1. The molecule has 194 valence electrons. The number of ether oxygens (including phenoxy) is 1. The number of Topliss-reactive ketones (excluding diaryl/α,β-unsaturated/α-hetero) is 2. The van der Waals surface area contributed by atoms with E-state index in [-0.39, 0.29) is 29.3 Å². The largest absolute Gasteiger partial charge is 0.387 e. The van der Waals surface area contributed by atoms with Crippen molar-refractivity contribution in [1.29, 1.82) is 0 Å². The van der Waals surface area contributed by atoms with Crippen LogP contribution >= 0.6 is 0 Å². The van der Waals surface area contributed by atoms with E-state index < -0.39 is 67.9 Å². The zero-order valence-corrected chi connectivity index (χ0v) is 21.5. The lowest BCUT2D eigenvalue weighted by atomic mass is 9.36. The molecule has 6 fully saturated rings. The molecule has 4 aliphatic carbocycles. The van der Waals surface area contributed by atoms with Crippen LogP contribution in [0.1, 0.15) is 45.1 Å². The van der Waals surface area contributed by atoms with E-state index in [9.17, 15) is 28.2 Å². The summed E-state index contributed by atoms with van der Waals surface area (Å²) in [4.78, 5) is 27.7. The summed E-state index contributed by atoms with van der Waals surface area (Å²) in [7, 11) is -4.36. The molecular weight excluding hydrogens is 484 g/mol. The summed E-state index contributed by atoms with van der Waals surface area (Å²) in [5.41, 5.74) is -2.68. The molecule has 6 aliphatic rings. The number of aliphatic hydroxyl groups is 2. The molecule has 8 nitrogen and oxygen atoms in total. The van der Waals surface area contributed by atoms with Gasteiger partial charge in [-0.1, -0.05) is 38.1 Å². The second kappa shape index (κ2) is 7.14. The SMILES string of the molecule is C=C1C(=O)C23C(CC[C@@H]1[C@H]2OS(=O)(=O)c1ccc(C)cc1)[C@@]12CO[C@@]3(O)[C@@H](O)[C@@H]1C(C)(C)CCC2=O. The van der Waals surface area contributed by atoms with Crippen LogP contribution in [0.25, 0.3) is 0 Å². The monoisotopic (exact) mass is 516 g/mol. The first-order valence-corrected chi connectivity index (χ1v) is 14.0. The van der Waals surface area contributed by atoms with Gasteiger partial charge in [-0.25, -0.2) is 0 Å². The summed E-state index contributed by atoms with van der Waals surface area (Å²) in [5, 5.41) is 23.9. The fraction of sp³-hybridized carbons (Fsp3) is 0.630. The van der Waals surface area contributed by atoms with Gasteiger partial charge in [0.2, 0.25) is 5.79 Å². The molecule has 36 heavy (non-hydrogen) atoms. The average Bonchev–Trinajstić information content (AvgIpc) is 2.92. The first-order valence-electron chi connectivity index (χ1n) is 12.6. The Morgan fingerprint density at radius 3 is 2.47 bits per heavy atom. The van der Waals surface area contributed by atoms with Crippen molar-refractivity contribution in [2.45, 2.75) is 69.3 Å². The smallest absolute Gasteiger partial charge is 0.297 e. The molecule has 8 atom stereocenters. The molecule has 9 heteroatoms. The van der Waals surface area contributed by atoms with Gasteiger partial charge < -0.3 is 14.9 Å². The molecule has 0 radical (unpaired) electrons. The Kier molecular flexibility index (Phi) is 4.84. The molecule has 4 bridgehead atoms. The minimum atomic E-state index is -4.36. The number of benzene rings is 1. The van der Waals surface area contributed by atoms with Crippen LogP contribution in [-0.2, 0) is 28.6 Å². The first kappa shape index (κ1) is 24.4. The normalized spacial score (nSPS) is 44.9. The molecular formula is C27H32O8S. The number of ketones is 2. The van der Waals surface area contributed by atoms with E-state index in [1.807, 2.05) is 20.8 Å². The van der Waals surface area contributed by atoms with E-state index in [0.717, 1.165) is 5.56 Å². The number of aryl methyl sites for hydroxylation is 1. The Bertz CT molecular complexity index is 1300. The number of hydrogen-bond donors (Lipinski definition) is 2. The highest BCUT2D eigenvalue weighted by molar-refractivity contribution is 7.86. The Hall–Kier alpha value is -1.91.